The van der Waals surface area contributed by atoms with E-state index >= 15 is 0 Å². The summed E-state index contributed by atoms with van der Waals surface area (Å²) in [6.07, 6.45) is 0.594. The Morgan fingerprint density at radius 3 is 1.30 bits per heavy atom. The molecule has 0 aromatic heterocycles. The molecule has 0 aliphatic heterocycles. The van der Waals surface area contributed by atoms with Crippen LogP contribution in [0.3, 0.4) is 0 Å². The maximum absolute atomic E-state index is 8.66. The van der Waals surface area contributed by atoms with Crippen molar-refractivity contribution in [2.24, 2.45) is 5.41 Å². The molecule has 0 aromatic rings. The molecule has 3 N–H and O–H groups in total. The normalized spacial score (nSPS) is 10.8. The summed E-state index contributed by atoms with van der Waals surface area (Å²) < 4.78 is 0. The van der Waals surface area contributed by atoms with Crippen LogP contribution in [-0.4, -0.2) is 86.5 Å². The Kier molecular flexibility index (Phi) is 10.1. The molecule has 4 heteroatoms. The van der Waals surface area contributed by atoms with E-state index in [0.717, 1.165) is 0 Å². The summed E-state index contributed by atoms with van der Waals surface area (Å²) in [5.41, 5.74) is -0.667. The fourth-order valence-electron chi connectivity index (χ4n) is 0.485. The fraction of sp³-hybridized carbons (Fsp3) is 1.00. The van der Waals surface area contributed by atoms with Gasteiger partial charge in [0.2, 0.25) is 0 Å². The van der Waals surface area contributed by atoms with E-state index in [1.807, 2.05) is 6.92 Å². The van der Waals surface area contributed by atoms with E-state index in [-0.39, 0.29) is 71.2 Å². The molecule has 0 saturated heterocycles. The molecule has 0 atom stereocenters. The first-order valence-electron chi connectivity index (χ1n) is 3.07. The van der Waals surface area contributed by atoms with Gasteiger partial charge in [-0.3, -0.25) is 0 Å². The third kappa shape index (κ3) is 3.78. The van der Waals surface area contributed by atoms with Crippen LogP contribution in [0.1, 0.15) is 13.3 Å². The van der Waals surface area contributed by atoms with Gasteiger partial charge in [0.1, 0.15) is 0 Å². The first-order valence-corrected chi connectivity index (χ1v) is 3.07. The second-order valence-corrected chi connectivity index (χ2v) is 2.33. The van der Waals surface area contributed by atoms with Gasteiger partial charge in [0.25, 0.3) is 0 Å². The van der Waals surface area contributed by atoms with Crippen molar-refractivity contribution < 1.29 is 15.3 Å². The van der Waals surface area contributed by atoms with Gasteiger partial charge < -0.3 is 15.3 Å². The molecule has 0 spiro atoms. The molecule has 0 amide bonds. The van der Waals surface area contributed by atoms with Crippen LogP contribution >= 0.6 is 0 Å². The van der Waals surface area contributed by atoms with E-state index < -0.39 is 5.41 Å². The Morgan fingerprint density at radius 1 is 1.00 bits per heavy atom. The quantitative estimate of drug-likeness (QED) is 0.465. The second kappa shape index (κ2) is 7.18. The maximum atomic E-state index is 8.66. The predicted molar refractivity (Wildman–Crippen MR) is 41.1 cm³/mol. The van der Waals surface area contributed by atoms with Gasteiger partial charge in [0.05, 0.1) is 19.8 Å². The molecule has 0 fully saturated rings. The topological polar surface area (TPSA) is 60.7 Å². The summed E-state index contributed by atoms with van der Waals surface area (Å²) in [6.45, 7) is 1.35. The standard InChI is InChI=1S/C6H14O3.K.H/c1-2-6(3-7,4-8)5-9;;/h7-9H,2-5H2,1H3;;. The molecule has 0 aromatic carbocycles. The van der Waals surface area contributed by atoms with Crippen molar-refractivity contribution in [3.05, 3.63) is 0 Å². The van der Waals surface area contributed by atoms with Crippen LogP contribution in [0.15, 0.2) is 0 Å². The summed E-state index contributed by atoms with van der Waals surface area (Å²) >= 11 is 0. The molecule has 0 radical (unpaired) electrons. The molecule has 58 valence electrons. The molecular weight excluding hydrogens is 159 g/mol. The zero-order valence-corrected chi connectivity index (χ0v) is 5.67. The number of rotatable bonds is 4. The first-order chi connectivity index (χ1) is 4.24. The van der Waals surface area contributed by atoms with Crippen molar-refractivity contribution in [2.75, 3.05) is 19.8 Å². The predicted octanol–water partition coefficient (Wildman–Crippen LogP) is -1.29. The minimum atomic E-state index is -0.667. The number of aliphatic hydroxyl groups is 3. The third-order valence-electron chi connectivity index (χ3n) is 1.76. The Morgan fingerprint density at radius 2 is 1.30 bits per heavy atom. The van der Waals surface area contributed by atoms with Crippen LogP contribution in [0.25, 0.3) is 0 Å². The number of hydrogen-bond donors (Lipinski definition) is 3. The summed E-state index contributed by atoms with van der Waals surface area (Å²) in [6, 6.07) is 0. The molecule has 0 rings (SSSR count). The number of hydrogen-bond acceptors (Lipinski definition) is 3. The summed E-state index contributed by atoms with van der Waals surface area (Å²) in [7, 11) is 0. The van der Waals surface area contributed by atoms with Crippen molar-refractivity contribution in [3.8, 4) is 0 Å². The first kappa shape index (κ1) is 14.1. The van der Waals surface area contributed by atoms with Crippen molar-refractivity contribution >= 4 is 51.4 Å². The second-order valence-electron chi connectivity index (χ2n) is 2.33. The average Bonchev–Trinajstić information content (AvgIpc) is 1.95. The molecule has 0 saturated carbocycles. The van der Waals surface area contributed by atoms with Crippen molar-refractivity contribution in [2.45, 2.75) is 13.3 Å². The summed E-state index contributed by atoms with van der Waals surface area (Å²) in [5, 5.41) is 26.0. The van der Waals surface area contributed by atoms with Crippen molar-refractivity contribution in [1.29, 1.82) is 0 Å². The molecule has 0 bridgehead atoms. The Balaban J connectivity index is 0. The summed E-state index contributed by atoms with van der Waals surface area (Å²) in [4.78, 5) is 0. The molecular formula is C6H15KO3. The van der Waals surface area contributed by atoms with Crippen molar-refractivity contribution in [3.63, 3.8) is 0 Å². The van der Waals surface area contributed by atoms with Crippen LogP contribution < -0.4 is 0 Å². The van der Waals surface area contributed by atoms with E-state index in [0.29, 0.717) is 6.42 Å². The molecule has 0 aliphatic rings. The molecule has 0 heterocycles. The molecule has 3 nitrogen and oxygen atoms in total. The molecule has 0 aliphatic carbocycles. The van der Waals surface area contributed by atoms with Crippen molar-refractivity contribution in [1.82, 2.24) is 0 Å². The van der Waals surface area contributed by atoms with Crippen LogP contribution in [-0.2, 0) is 0 Å². The zero-order chi connectivity index (χ0) is 7.33. The van der Waals surface area contributed by atoms with Gasteiger partial charge in [-0.15, -0.1) is 0 Å². The Hall–Kier alpha value is 1.52. The van der Waals surface area contributed by atoms with Gasteiger partial charge in [-0.1, -0.05) is 6.92 Å². The van der Waals surface area contributed by atoms with E-state index in [2.05, 4.69) is 0 Å². The SMILES string of the molecule is CCC(CO)(CO)CO.[KH]. The third-order valence-corrected chi connectivity index (χ3v) is 1.76. The number of aliphatic hydroxyl groups excluding tert-OH is 3. The van der Waals surface area contributed by atoms with Crippen LogP contribution in [0, 0.1) is 5.41 Å². The Labute approximate surface area is 104 Å². The van der Waals surface area contributed by atoms with Gasteiger partial charge in [0.15, 0.2) is 0 Å². The van der Waals surface area contributed by atoms with Gasteiger partial charge in [-0.05, 0) is 6.42 Å². The monoisotopic (exact) mass is 174 g/mol. The zero-order valence-electron chi connectivity index (χ0n) is 5.67. The Bertz CT molecular complexity index is 55.9. The van der Waals surface area contributed by atoms with E-state index in [4.69, 9.17) is 15.3 Å². The average molecular weight is 174 g/mol. The van der Waals surface area contributed by atoms with Crippen LogP contribution in [0.4, 0.5) is 0 Å². The van der Waals surface area contributed by atoms with E-state index in [9.17, 15) is 0 Å². The fourth-order valence-corrected chi connectivity index (χ4v) is 0.485. The summed E-state index contributed by atoms with van der Waals surface area (Å²) in [5.74, 6) is 0. The van der Waals surface area contributed by atoms with Gasteiger partial charge >= 0.3 is 51.4 Å². The van der Waals surface area contributed by atoms with Crippen LogP contribution in [0.5, 0.6) is 0 Å². The van der Waals surface area contributed by atoms with Gasteiger partial charge in [-0.2, -0.15) is 0 Å². The van der Waals surface area contributed by atoms with E-state index in [1.165, 1.54) is 0 Å². The van der Waals surface area contributed by atoms with Crippen LogP contribution in [0.2, 0.25) is 0 Å². The van der Waals surface area contributed by atoms with Gasteiger partial charge in [-0.25, -0.2) is 0 Å². The minimum absolute atomic E-state index is 0. The van der Waals surface area contributed by atoms with Gasteiger partial charge in [0, 0.05) is 5.41 Å². The van der Waals surface area contributed by atoms with E-state index in [1.54, 1.807) is 0 Å². The molecule has 0 unspecified atom stereocenters. The molecule has 10 heavy (non-hydrogen) atoms.